The Morgan fingerprint density at radius 2 is 2.04 bits per heavy atom. The highest BCUT2D eigenvalue weighted by Crippen LogP contribution is 2.22. The molecule has 0 saturated carbocycles. The average molecular weight is 420 g/mol. The fourth-order valence-electron chi connectivity index (χ4n) is 2.27. The van der Waals surface area contributed by atoms with Gasteiger partial charge >= 0.3 is 5.97 Å². The molecule has 1 aliphatic rings. The first-order valence-corrected chi connectivity index (χ1v) is 9.49. The lowest BCUT2D eigenvalue weighted by Crippen LogP contribution is -2.44. The number of esters is 1. The summed E-state index contributed by atoms with van der Waals surface area (Å²) in [4.78, 5) is 14.0. The number of hydrogen-bond donors (Lipinski definition) is 2. The molecule has 1 saturated heterocycles. The SMILES string of the molecule is COC(=O)c1sccc1S(=O)(=O)NCCCN1CCNCC1.Cl.Cl. The Bertz CT molecular complexity index is 604. The normalized spacial score (nSPS) is 15.2. The predicted molar refractivity (Wildman–Crippen MR) is 99.3 cm³/mol. The predicted octanol–water partition coefficient (Wildman–Crippen LogP) is 0.952. The van der Waals surface area contributed by atoms with E-state index < -0.39 is 16.0 Å². The van der Waals surface area contributed by atoms with Gasteiger partial charge in [-0.25, -0.2) is 17.9 Å². The van der Waals surface area contributed by atoms with Crippen molar-refractivity contribution in [1.82, 2.24) is 14.9 Å². The Balaban J connectivity index is 0.00000264. The largest absolute Gasteiger partial charge is 0.465 e. The highest BCUT2D eigenvalue weighted by atomic mass is 35.5. The number of halogens is 2. The molecule has 0 unspecified atom stereocenters. The number of ether oxygens (including phenoxy) is 1. The maximum Gasteiger partial charge on any atom is 0.349 e. The van der Waals surface area contributed by atoms with E-state index in [0.717, 1.165) is 50.5 Å². The smallest absolute Gasteiger partial charge is 0.349 e. The Hall–Kier alpha value is -0.420. The lowest BCUT2D eigenvalue weighted by molar-refractivity contribution is 0.0602. The van der Waals surface area contributed by atoms with Gasteiger partial charge in [0.2, 0.25) is 10.0 Å². The van der Waals surface area contributed by atoms with E-state index in [4.69, 9.17) is 0 Å². The molecule has 0 aromatic carbocycles. The summed E-state index contributed by atoms with van der Waals surface area (Å²) in [6, 6.07) is 1.43. The zero-order valence-electron chi connectivity index (χ0n) is 13.3. The molecule has 2 heterocycles. The Labute approximate surface area is 159 Å². The first-order chi connectivity index (χ1) is 10.5. The first kappa shape index (κ1) is 23.6. The molecule has 1 fully saturated rings. The van der Waals surface area contributed by atoms with E-state index in [2.05, 4.69) is 19.7 Å². The van der Waals surface area contributed by atoms with Crippen LogP contribution in [0, 0.1) is 0 Å². The molecule has 11 heteroatoms. The van der Waals surface area contributed by atoms with Crippen LogP contribution in [0.15, 0.2) is 16.3 Å². The van der Waals surface area contributed by atoms with Gasteiger partial charge < -0.3 is 15.0 Å². The molecule has 1 aromatic rings. The van der Waals surface area contributed by atoms with Crippen molar-refractivity contribution in [3.63, 3.8) is 0 Å². The van der Waals surface area contributed by atoms with Crippen molar-refractivity contribution in [3.05, 3.63) is 16.3 Å². The molecule has 0 atom stereocenters. The number of carbonyl (C=O) groups is 1. The minimum atomic E-state index is -3.68. The van der Waals surface area contributed by atoms with E-state index in [9.17, 15) is 13.2 Å². The van der Waals surface area contributed by atoms with Gasteiger partial charge in [0, 0.05) is 32.7 Å². The lowest BCUT2D eigenvalue weighted by atomic mass is 10.3. The zero-order chi connectivity index (χ0) is 16.0. The molecule has 0 spiro atoms. The van der Waals surface area contributed by atoms with Gasteiger partial charge in [-0.3, -0.25) is 0 Å². The minimum absolute atomic E-state index is 0. The van der Waals surface area contributed by atoms with Gasteiger partial charge in [0.05, 0.1) is 7.11 Å². The van der Waals surface area contributed by atoms with Gasteiger partial charge in [-0.15, -0.1) is 36.2 Å². The van der Waals surface area contributed by atoms with E-state index in [-0.39, 0.29) is 34.6 Å². The molecular formula is C13H23Cl2N3O4S2. The Morgan fingerprint density at radius 1 is 1.38 bits per heavy atom. The van der Waals surface area contributed by atoms with Gasteiger partial charge in [-0.1, -0.05) is 0 Å². The average Bonchev–Trinajstić information content (AvgIpc) is 3.02. The van der Waals surface area contributed by atoms with Gasteiger partial charge in [-0.05, 0) is 24.4 Å². The van der Waals surface area contributed by atoms with E-state index in [1.807, 2.05) is 0 Å². The van der Waals surface area contributed by atoms with Crippen LogP contribution < -0.4 is 10.0 Å². The highest BCUT2D eigenvalue weighted by Gasteiger charge is 2.24. The molecule has 2 rings (SSSR count). The van der Waals surface area contributed by atoms with E-state index in [1.165, 1.54) is 13.2 Å². The zero-order valence-corrected chi connectivity index (χ0v) is 16.6. The van der Waals surface area contributed by atoms with Crippen molar-refractivity contribution in [1.29, 1.82) is 0 Å². The number of piperazine rings is 1. The summed E-state index contributed by atoms with van der Waals surface area (Å²) in [5.74, 6) is -0.629. The van der Waals surface area contributed by atoms with Gasteiger partial charge in [0.25, 0.3) is 0 Å². The van der Waals surface area contributed by atoms with Crippen LogP contribution in [0.25, 0.3) is 0 Å². The summed E-state index contributed by atoms with van der Waals surface area (Å²) in [6.07, 6.45) is 0.733. The molecule has 140 valence electrons. The van der Waals surface area contributed by atoms with Crippen LogP contribution in [-0.2, 0) is 14.8 Å². The van der Waals surface area contributed by atoms with Gasteiger partial charge in [0.1, 0.15) is 9.77 Å². The second-order valence-corrected chi connectivity index (χ2v) is 7.60. The molecule has 24 heavy (non-hydrogen) atoms. The molecular weight excluding hydrogens is 397 g/mol. The number of nitrogens with zero attached hydrogens (tertiary/aromatic N) is 1. The molecule has 1 aliphatic heterocycles. The van der Waals surface area contributed by atoms with Crippen LogP contribution >= 0.6 is 36.2 Å². The summed E-state index contributed by atoms with van der Waals surface area (Å²) in [6.45, 7) is 5.14. The fourth-order valence-corrected chi connectivity index (χ4v) is 4.68. The van der Waals surface area contributed by atoms with Crippen molar-refractivity contribution in [2.24, 2.45) is 0 Å². The third kappa shape index (κ3) is 6.47. The summed E-state index contributed by atoms with van der Waals surface area (Å²) < 4.78 is 31.7. The third-order valence-corrected chi connectivity index (χ3v) is 5.97. The van der Waals surface area contributed by atoms with E-state index >= 15 is 0 Å². The van der Waals surface area contributed by atoms with Crippen LogP contribution in [0.4, 0.5) is 0 Å². The fraction of sp³-hybridized carbons (Fsp3) is 0.615. The van der Waals surface area contributed by atoms with E-state index in [0.29, 0.717) is 6.54 Å². The van der Waals surface area contributed by atoms with Crippen molar-refractivity contribution in [2.45, 2.75) is 11.3 Å². The molecule has 0 radical (unpaired) electrons. The monoisotopic (exact) mass is 419 g/mol. The number of methoxy groups -OCH3 is 1. The number of carbonyl (C=O) groups excluding carboxylic acids is 1. The van der Waals surface area contributed by atoms with Crippen LogP contribution in [0.2, 0.25) is 0 Å². The van der Waals surface area contributed by atoms with Crippen LogP contribution in [-0.4, -0.2) is 65.7 Å². The standard InChI is InChI=1S/C13H21N3O4S2.2ClH/c1-20-13(17)12-11(3-10-21-12)22(18,19)15-4-2-7-16-8-5-14-6-9-16;;/h3,10,14-15H,2,4-9H2,1H3;2*1H. The van der Waals surface area contributed by atoms with Crippen molar-refractivity contribution in [3.8, 4) is 0 Å². The lowest BCUT2D eigenvalue weighted by Gasteiger charge is -2.27. The minimum Gasteiger partial charge on any atom is -0.465 e. The van der Waals surface area contributed by atoms with Crippen molar-refractivity contribution < 1.29 is 17.9 Å². The van der Waals surface area contributed by atoms with Crippen LogP contribution in [0.1, 0.15) is 16.1 Å². The van der Waals surface area contributed by atoms with Gasteiger partial charge in [0.15, 0.2) is 0 Å². The first-order valence-electron chi connectivity index (χ1n) is 7.13. The molecule has 2 N–H and O–H groups in total. The second-order valence-electron chi connectivity index (χ2n) is 4.95. The third-order valence-electron chi connectivity index (χ3n) is 3.44. The van der Waals surface area contributed by atoms with Gasteiger partial charge in [-0.2, -0.15) is 0 Å². The molecule has 7 nitrogen and oxygen atoms in total. The number of rotatable bonds is 7. The topological polar surface area (TPSA) is 87.7 Å². The Morgan fingerprint density at radius 3 is 2.67 bits per heavy atom. The number of hydrogen-bond acceptors (Lipinski definition) is 7. The number of nitrogens with one attached hydrogen (secondary N) is 2. The molecule has 0 aliphatic carbocycles. The summed E-state index contributed by atoms with van der Waals surface area (Å²) in [5, 5.41) is 4.85. The summed E-state index contributed by atoms with van der Waals surface area (Å²) in [5.41, 5.74) is 0. The van der Waals surface area contributed by atoms with Crippen molar-refractivity contribution in [2.75, 3.05) is 46.4 Å². The van der Waals surface area contributed by atoms with Crippen LogP contribution in [0.3, 0.4) is 0 Å². The summed E-state index contributed by atoms with van der Waals surface area (Å²) >= 11 is 1.06. The molecule has 0 amide bonds. The quantitative estimate of drug-likeness (QED) is 0.505. The Kier molecular flexibility index (Phi) is 11.0. The van der Waals surface area contributed by atoms with Crippen molar-refractivity contribution >= 4 is 52.1 Å². The van der Waals surface area contributed by atoms with E-state index in [1.54, 1.807) is 5.38 Å². The number of sulfonamides is 1. The van der Waals surface area contributed by atoms with Crippen LogP contribution in [0.5, 0.6) is 0 Å². The molecule has 0 bridgehead atoms. The summed E-state index contributed by atoms with van der Waals surface area (Å²) in [7, 11) is -2.44. The number of thiophene rings is 1. The maximum absolute atomic E-state index is 12.2. The second kappa shape index (κ2) is 11.2. The maximum atomic E-state index is 12.2. The molecule has 1 aromatic heterocycles. The highest BCUT2D eigenvalue weighted by molar-refractivity contribution is 7.89.